The van der Waals surface area contributed by atoms with Crippen LogP contribution in [0.25, 0.3) is 0 Å². The zero-order valence-electron chi connectivity index (χ0n) is 11.7. The normalized spacial score (nSPS) is 26.9. The maximum atomic E-state index is 11.1. The molecule has 0 aromatic heterocycles. The van der Waals surface area contributed by atoms with Gasteiger partial charge in [0.05, 0.1) is 4.92 Å². The van der Waals surface area contributed by atoms with Gasteiger partial charge >= 0.3 is 0 Å². The fourth-order valence-electron chi connectivity index (χ4n) is 3.52. The van der Waals surface area contributed by atoms with Crippen LogP contribution in [-0.2, 0) is 6.42 Å². The largest absolute Gasteiger partial charge is 0.385 e. The Labute approximate surface area is 119 Å². The Bertz CT molecular complexity index is 553. The van der Waals surface area contributed by atoms with E-state index in [2.05, 4.69) is 17.5 Å². The average molecular weight is 272 g/mol. The fraction of sp³-hybridized carbons (Fsp3) is 0.500. The summed E-state index contributed by atoms with van der Waals surface area (Å²) in [4.78, 5) is 10.8. The quantitative estimate of drug-likeness (QED) is 0.504. The minimum atomic E-state index is -0.287. The molecule has 0 radical (unpaired) electrons. The summed E-state index contributed by atoms with van der Waals surface area (Å²) in [5, 5.41) is 14.4. The van der Waals surface area contributed by atoms with E-state index in [1.807, 2.05) is 19.1 Å². The lowest BCUT2D eigenvalue weighted by atomic mass is 9.93. The van der Waals surface area contributed by atoms with Gasteiger partial charge in [-0.15, -0.1) is 0 Å². The van der Waals surface area contributed by atoms with Gasteiger partial charge in [0.2, 0.25) is 0 Å². The summed E-state index contributed by atoms with van der Waals surface area (Å²) in [5.74, 6) is 2.15. The molecule has 0 amide bonds. The summed E-state index contributed by atoms with van der Waals surface area (Å²) in [6, 6.07) is 5.48. The topological polar surface area (TPSA) is 55.2 Å². The van der Waals surface area contributed by atoms with E-state index in [4.69, 9.17) is 0 Å². The summed E-state index contributed by atoms with van der Waals surface area (Å²) in [6.45, 7) is 2.85. The van der Waals surface area contributed by atoms with Crippen LogP contribution in [0.4, 0.5) is 11.4 Å². The number of benzene rings is 1. The number of anilines is 1. The predicted octanol–water partition coefficient (Wildman–Crippen LogP) is 3.78. The molecule has 3 unspecified atom stereocenters. The van der Waals surface area contributed by atoms with Crippen molar-refractivity contribution in [3.8, 4) is 0 Å². The second-order valence-corrected chi connectivity index (χ2v) is 5.88. The Morgan fingerprint density at radius 2 is 2.20 bits per heavy atom. The summed E-state index contributed by atoms with van der Waals surface area (Å²) >= 11 is 0. The molecule has 1 aromatic carbocycles. The molecule has 2 aliphatic rings. The van der Waals surface area contributed by atoms with Crippen molar-refractivity contribution in [3.05, 3.63) is 46.0 Å². The van der Waals surface area contributed by atoms with Crippen molar-refractivity contribution in [3.63, 3.8) is 0 Å². The summed E-state index contributed by atoms with van der Waals surface area (Å²) in [6.07, 6.45) is 7.91. The first-order valence-electron chi connectivity index (χ1n) is 7.37. The van der Waals surface area contributed by atoms with E-state index >= 15 is 0 Å². The first-order valence-corrected chi connectivity index (χ1v) is 7.37. The molecule has 4 heteroatoms. The van der Waals surface area contributed by atoms with Crippen LogP contribution >= 0.6 is 0 Å². The number of aryl methyl sites for hydroxylation is 1. The number of hydrogen-bond donors (Lipinski definition) is 1. The zero-order valence-corrected chi connectivity index (χ0v) is 11.7. The Balaban J connectivity index is 1.67. The maximum Gasteiger partial charge on any atom is 0.274 e. The second kappa shape index (κ2) is 5.27. The molecule has 0 aliphatic heterocycles. The van der Waals surface area contributed by atoms with Crippen molar-refractivity contribution in [2.45, 2.75) is 26.2 Å². The molecule has 1 saturated carbocycles. The smallest absolute Gasteiger partial charge is 0.274 e. The lowest BCUT2D eigenvalue weighted by Gasteiger charge is -2.19. The summed E-state index contributed by atoms with van der Waals surface area (Å²) in [5.41, 5.74) is 1.88. The number of fused-ring (bicyclic) bond motifs is 2. The minimum absolute atomic E-state index is 0.227. The van der Waals surface area contributed by atoms with Gasteiger partial charge in [-0.05, 0) is 43.1 Å². The minimum Gasteiger partial charge on any atom is -0.385 e. The predicted molar refractivity (Wildman–Crippen MR) is 79.8 cm³/mol. The fourth-order valence-corrected chi connectivity index (χ4v) is 3.52. The van der Waals surface area contributed by atoms with Crippen LogP contribution in [0.5, 0.6) is 0 Å². The second-order valence-electron chi connectivity index (χ2n) is 5.88. The number of nitrogens with zero attached hydrogens (tertiary/aromatic N) is 1. The molecule has 20 heavy (non-hydrogen) atoms. The van der Waals surface area contributed by atoms with Crippen LogP contribution in [-0.4, -0.2) is 11.5 Å². The number of nitrogens with one attached hydrogen (secondary N) is 1. The first kappa shape index (κ1) is 13.2. The van der Waals surface area contributed by atoms with E-state index < -0.39 is 0 Å². The Morgan fingerprint density at radius 3 is 2.80 bits per heavy atom. The van der Waals surface area contributed by atoms with Gasteiger partial charge < -0.3 is 5.32 Å². The van der Waals surface area contributed by atoms with E-state index in [0.717, 1.165) is 23.7 Å². The van der Waals surface area contributed by atoms with Gasteiger partial charge in [-0.1, -0.05) is 25.1 Å². The number of allylic oxidation sites excluding steroid dienone is 2. The molecule has 0 saturated heterocycles. The van der Waals surface area contributed by atoms with Gasteiger partial charge in [-0.2, -0.15) is 0 Å². The van der Waals surface area contributed by atoms with Crippen LogP contribution in [0.1, 0.15) is 25.3 Å². The van der Waals surface area contributed by atoms with Crippen LogP contribution in [0.2, 0.25) is 0 Å². The van der Waals surface area contributed by atoms with Gasteiger partial charge in [0, 0.05) is 23.9 Å². The van der Waals surface area contributed by atoms with Crippen molar-refractivity contribution in [1.82, 2.24) is 0 Å². The Hall–Kier alpha value is -1.84. The van der Waals surface area contributed by atoms with Crippen molar-refractivity contribution < 1.29 is 4.92 Å². The lowest BCUT2D eigenvalue weighted by molar-refractivity contribution is -0.385. The van der Waals surface area contributed by atoms with E-state index in [-0.39, 0.29) is 10.6 Å². The molecule has 0 spiro atoms. The zero-order chi connectivity index (χ0) is 14.1. The first-order chi connectivity index (χ1) is 9.67. The van der Waals surface area contributed by atoms with E-state index in [0.29, 0.717) is 18.3 Å². The highest BCUT2D eigenvalue weighted by Gasteiger charge is 2.35. The SMILES string of the molecule is CCc1ccc(NCC2CC3C=CC2C3)cc1[N+](=O)[O-]. The van der Waals surface area contributed by atoms with Crippen molar-refractivity contribution in [2.75, 3.05) is 11.9 Å². The maximum absolute atomic E-state index is 11.1. The molecule has 3 rings (SSSR count). The van der Waals surface area contributed by atoms with E-state index in [9.17, 15) is 10.1 Å². The standard InChI is InChI=1S/C16H20N2O2/c1-2-12-5-6-15(9-16(12)18(19)20)17-10-14-8-11-3-4-13(14)7-11/h3-6,9,11,13-14,17H,2,7-8,10H2,1H3. The van der Waals surface area contributed by atoms with Crippen molar-refractivity contribution >= 4 is 11.4 Å². The molecule has 0 heterocycles. The number of hydrogen-bond acceptors (Lipinski definition) is 3. The monoisotopic (exact) mass is 272 g/mol. The van der Waals surface area contributed by atoms with Crippen molar-refractivity contribution in [2.24, 2.45) is 17.8 Å². The molecule has 2 aliphatic carbocycles. The molecule has 1 aromatic rings. The molecule has 106 valence electrons. The molecule has 2 bridgehead atoms. The van der Waals surface area contributed by atoms with Crippen LogP contribution in [0.3, 0.4) is 0 Å². The highest BCUT2D eigenvalue weighted by atomic mass is 16.6. The number of nitro groups is 1. The molecular formula is C16H20N2O2. The van der Waals surface area contributed by atoms with Crippen LogP contribution in [0.15, 0.2) is 30.4 Å². The highest BCUT2D eigenvalue weighted by molar-refractivity contribution is 5.55. The van der Waals surface area contributed by atoms with Crippen LogP contribution < -0.4 is 5.32 Å². The molecule has 3 atom stereocenters. The van der Waals surface area contributed by atoms with Gasteiger partial charge in [0.15, 0.2) is 0 Å². The van der Waals surface area contributed by atoms with E-state index in [1.54, 1.807) is 6.07 Å². The Kier molecular flexibility index (Phi) is 3.47. The Morgan fingerprint density at radius 1 is 1.35 bits per heavy atom. The van der Waals surface area contributed by atoms with Gasteiger partial charge in [-0.25, -0.2) is 0 Å². The van der Waals surface area contributed by atoms with E-state index in [1.165, 1.54) is 12.8 Å². The summed E-state index contributed by atoms with van der Waals surface area (Å²) in [7, 11) is 0. The molecule has 4 nitrogen and oxygen atoms in total. The molecule has 1 N–H and O–H groups in total. The third kappa shape index (κ3) is 2.42. The molecule has 1 fully saturated rings. The van der Waals surface area contributed by atoms with Crippen molar-refractivity contribution in [1.29, 1.82) is 0 Å². The number of rotatable bonds is 5. The van der Waals surface area contributed by atoms with Gasteiger partial charge in [0.25, 0.3) is 5.69 Å². The van der Waals surface area contributed by atoms with Crippen LogP contribution in [0, 0.1) is 27.9 Å². The average Bonchev–Trinajstić information content (AvgIpc) is 3.07. The lowest BCUT2D eigenvalue weighted by Crippen LogP contribution is -2.18. The van der Waals surface area contributed by atoms with Gasteiger partial charge in [-0.3, -0.25) is 10.1 Å². The molecular weight excluding hydrogens is 252 g/mol. The third-order valence-electron chi connectivity index (χ3n) is 4.65. The van der Waals surface area contributed by atoms with Gasteiger partial charge in [0.1, 0.15) is 0 Å². The number of nitro benzene ring substituents is 1. The highest BCUT2D eigenvalue weighted by Crippen LogP contribution is 2.43. The third-order valence-corrected chi connectivity index (χ3v) is 4.65. The summed E-state index contributed by atoms with van der Waals surface area (Å²) < 4.78 is 0.